The van der Waals surface area contributed by atoms with E-state index >= 15 is 0 Å². The molecule has 2 fully saturated rings. The van der Waals surface area contributed by atoms with Crippen molar-refractivity contribution in [3.05, 3.63) is 83.3 Å². The molecule has 0 spiro atoms. The summed E-state index contributed by atoms with van der Waals surface area (Å²) >= 11 is 0. The van der Waals surface area contributed by atoms with Crippen molar-refractivity contribution in [1.29, 1.82) is 0 Å². The predicted molar refractivity (Wildman–Crippen MR) is 240 cm³/mol. The standard InChI is InChI=1S/C42H61N5O8.C6H12/c1-6-9-11-12-13-14-16-19-30(25-26-48)27-34(55-37(51)29-43-35(49)8-3)41(53)45-33(22-10-7-2)40(52)42(54)44-28-36(50)46-38(31-20-17-15-18-21-31)39(47(4)5)32-23-24-32;1-2-4-6-5-3-1/h14-21,25-26,33-34,38,48H,6-13,22-24,27-29H2,1-5H3,(H,43,49)(H,44,54)(H,45,53)(H,46,50);1-6H2/b16-14-,26-25+,30-19+;. The van der Waals surface area contributed by atoms with Crippen LogP contribution in [0.1, 0.15) is 148 Å². The number of allylic oxidation sites excluding steroid dienone is 5. The minimum Gasteiger partial charge on any atom is -0.516 e. The summed E-state index contributed by atoms with van der Waals surface area (Å²) in [7, 11) is 3.83. The fraction of sp³-hybridized carbons (Fsp3) is 0.583. The van der Waals surface area contributed by atoms with Gasteiger partial charge in [0, 0.05) is 32.6 Å². The van der Waals surface area contributed by atoms with Gasteiger partial charge in [-0.05, 0) is 54.9 Å². The van der Waals surface area contributed by atoms with Gasteiger partial charge in [-0.3, -0.25) is 28.8 Å². The Balaban J connectivity index is 0.00000195. The van der Waals surface area contributed by atoms with E-state index in [9.17, 15) is 33.9 Å². The molecule has 4 amide bonds. The smallest absolute Gasteiger partial charge is 0.326 e. The number of aliphatic hydroxyl groups is 1. The number of ketones is 1. The number of amides is 4. The molecule has 1 aromatic carbocycles. The largest absolute Gasteiger partial charge is 0.516 e. The molecule has 61 heavy (non-hydrogen) atoms. The van der Waals surface area contributed by atoms with Gasteiger partial charge in [0.1, 0.15) is 6.54 Å². The third-order valence-electron chi connectivity index (χ3n) is 10.4. The van der Waals surface area contributed by atoms with Crippen molar-refractivity contribution in [2.75, 3.05) is 27.2 Å². The Morgan fingerprint density at radius 1 is 0.803 bits per heavy atom. The molecule has 3 atom stereocenters. The molecule has 338 valence electrons. The van der Waals surface area contributed by atoms with Gasteiger partial charge in [0.25, 0.3) is 11.8 Å². The maximum atomic E-state index is 13.7. The Bertz CT molecular complexity index is 1630. The van der Waals surface area contributed by atoms with Gasteiger partial charge in [0.2, 0.25) is 17.6 Å². The molecule has 5 N–H and O–H groups in total. The Morgan fingerprint density at radius 2 is 1.46 bits per heavy atom. The molecule has 1 aromatic rings. The normalized spacial score (nSPS) is 15.1. The highest BCUT2D eigenvalue weighted by atomic mass is 16.5. The minimum absolute atomic E-state index is 0.115. The Kier molecular flexibility index (Phi) is 26.2. The summed E-state index contributed by atoms with van der Waals surface area (Å²) in [5.74, 6) is -4.62. The molecule has 2 saturated carbocycles. The van der Waals surface area contributed by atoms with E-state index in [2.05, 4.69) is 28.2 Å². The highest BCUT2D eigenvalue weighted by molar-refractivity contribution is 6.38. The average Bonchev–Trinajstić information content (AvgIpc) is 4.11. The van der Waals surface area contributed by atoms with Gasteiger partial charge in [0.05, 0.1) is 24.9 Å². The second-order valence-corrected chi connectivity index (χ2v) is 15.8. The monoisotopic (exact) mass is 848 g/mol. The summed E-state index contributed by atoms with van der Waals surface area (Å²) in [6.45, 7) is 4.69. The van der Waals surface area contributed by atoms with Gasteiger partial charge in [-0.2, -0.15) is 0 Å². The van der Waals surface area contributed by atoms with E-state index in [4.69, 9.17) is 4.74 Å². The van der Waals surface area contributed by atoms with Crippen molar-refractivity contribution in [1.82, 2.24) is 26.2 Å². The molecule has 0 aliphatic heterocycles. The summed E-state index contributed by atoms with van der Waals surface area (Å²) in [5, 5.41) is 20.0. The summed E-state index contributed by atoms with van der Waals surface area (Å²) in [5.41, 5.74) is 3.52. The number of nitrogens with zero attached hydrogens (tertiary/aromatic N) is 1. The molecule has 0 radical (unpaired) electrons. The first-order valence-electron chi connectivity index (χ1n) is 22.4. The molecule has 0 saturated heterocycles. The number of nitrogens with one attached hydrogen (secondary N) is 4. The Morgan fingerprint density at radius 3 is 2.03 bits per heavy atom. The molecule has 13 heteroatoms. The van der Waals surface area contributed by atoms with Crippen LogP contribution in [0.5, 0.6) is 0 Å². The number of rotatable bonds is 26. The first-order valence-corrected chi connectivity index (χ1v) is 22.4. The molecule has 3 unspecified atom stereocenters. The SMILES string of the molecule is C1CCCCC1.CCCCCC\C=C/C=C(\C=C\O)CC(OC(=O)CNC(=O)CC)C(=O)NC(CCCC)C(=O)C(=O)NCC(=O)NC(C(=C1CC1)N(C)C)c1ccccc1. The van der Waals surface area contributed by atoms with Crippen LogP contribution in [0.4, 0.5) is 0 Å². The number of unbranched alkanes of at least 4 members (excludes halogenated alkanes) is 5. The predicted octanol–water partition coefficient (Wildman–Crippen LogP) is 7.51. The van der Waals surface area contributed by atoms with E-state index in [1.807, 2.05) is 62.3 Å². The lowest BCUT2D eigenvalue weighted by molar-refractivity contribution is -0.156. The molecule has 0 heterocycles. The van der Waals surface area contributed by atoms with Gasteiger partial charge in [-0.1, -0.05) is 140 Å². The molecule has 2 aliphatic carbocycles. The van der Waals surface area contributed by atoms with Crippen molar-refractivity contribution in [3.63, 3.8) is 0 Å². The van der Waals surface area contributed by atoms with E-state index in [1.165, 1.54) is 50.2 Å². The lowest BCUT2D eigenvalue weighted by Gasteiger charge is -2.28. The summed E-state index contributed by atoms with van der Waals surface area (Å²) in [6, 6.07) is 7.74. The van der Waals surface area contributed by atoms with Crippen molar-refractivity contribution in [2.24, 2.45) is 0 Å². The van der Waals surface area contributed by atoms with E-state index in [-0.39, 0.29) is 25.2 Å². The van der Waals surface area contributed by atoms with Gasteiger partial charge < -0.3 is 36.0 Å². The maximum Gasteiger partial charge on any atom is 0.326 e. The van der Waals surface area contributed by atoms with Gasteiger partial charge in [-0.15, -0.1) is 0 Å². The third kappa shape index (κ3) is 21.8. The average molecular weight is 848 g/mol. The second kappa shape index (κ2) is 30.8. The van der Waals surface area contributed by atoms with Crippen molar-refractivity contribution < 1.29 is 38.6 Å². The number of benzene rings is 1. The van der Waals surface area contributed by atoms with Crippen molar-refractivity contribution in [3.8, 4) is 0 Å². The number of esters is 1. The zero-order valence-electron chi connectivity index (χ0n) is 37.4. The number of likely N-dealkylation sites (N-methyl/N-ethyl adjacent to an activating group) is 1. The van der Waals surface area contributed by atoms with E-state index in [1.54, 1.807) is 19.1 Å². The Hall–Kier alpha value is -5.20. The third-order valence-corrected chi connectivity index (χ3v) is 10.4. The number of Topliss-reactive ketones (excluding diaryl/α,β-unsaturated/α-hetero) is 1. The number of aliphatic hydroxyl groups excluding tert-OH is 1. The van der Waals surface area contributed by atoms with Crippen LogP contribution in [0.15, 0.2) is 77.7 Å². The van der Waals surface area contributed by atoms with E-state index in [0.717, 1.165) is 62.5 Å². The Labute approximate surface area is 364 Å². The molecular formula is C48H73N5O8. The van der Waals surface area contributed by atoms with Crippen LogP contribution in [0.2, 0.25) is 0 Å². The van der Waals surface area contributed by atoms with E-state index in [0.29, 0.717) is 18.4 Å². The highest BCUT2D eigenvalue weighted by Gasteiger charge is 2.32. The zero-order valence-corrected chi connectivity index (χ0v) is 37.4. The van der Waals surface area contributed by atoms with Crippen molar-refractivity contribution in [2.45, 2.75) is 155 Å². The first-order chi connectivity index (χ1) is 29.4. The van der Waals surface area contributed by atoms with Crippen LogP contribution >= 0.6 is 0 Å². The second-order valence-electron chi connectivity index (χ2n) is 15.8. The number of hydrogen-bond acceptors (Lipinski definition) is 9. The number of ether oxygens (including phenoxy) is 1. The molecule has 0 aromatic heterocycles. The number of carbonyl (C=O) groups is 6. The van der Waals surface area contributed by atoms with Crippen LogP contribution in [0.3, 0.4) is 0 Å². The number of hydrogen-bond donors (Lipinski definition) is 5. The number of carbonyl (C=O) groups excluding carboxylic acids is 6. The lowest BCUT2D eigenvalue weighted by Crippen LogP contribution is -2.52. The summed E-state index contributed by atoms with van der Waals surface area (Å²) < 4.78 is 5.49. The molecule has 3 rings (SSSR count). The topological polar surface area (TPSA) is 183 Å². The lowest BCUT2D eigenvalue weighted by atomic mass is 10.0. The van der Waals surface area contributed by atoms with Crippen LogP contribution < -0.4 is 21.3 Å². The molecule has 2 aliphatic rings. The van der Waals surface area contributed by atoms with Crippen LogP contribution in [-0.2, 0) is 33.5 Å². The van der Waals surface area contributed by atoms with Crippen LogP contribution in [-0.4, -0.2) is 84.7 Å². The molecular weight excluding hydrogens is 775 g/mol. The van der Waals surface area contributed by atoms with Gasteiger partial charge in [-0.25, -0.2) is 0 Å². The molecule has 13 nitrogen and oxygen atoms in total. The minimum atomic E-state index is -1.47. The van der Waals surface area contributed by atoms with Gasteiger partial charge >= 0.3 is 5.97 Å². The first kappa shape index (κ1) is 51.9. The van der Waals surface area contributed by atoms with Crippen LogP contribution in [0.25, 0.3) is 0 Å². The van der Waals surface area contributed by atoms with Crippen LogP contribution in [0, 0.1) is 0 Å². The highest BCUT2D eigenvalue weighted by Crippen LogP contribution is 2.38. The quantitative estimate of drug-likeness (QED) is 0.0207. The molecule has 0 bridgehead atoms. The van der Waals surface area contributed by atoms with E-state index < -0.39 is 60.8 Å². The summed E-state index contributed by atoms with van der Waals surface area (Å²) in [4.78, 5) is 80.1. The van der Waals surface area contributed by atoms with Gasteiger partial charge in [0.15, 0.2) is 6.10 Å². The zero-order chi connectivity index (χ0) is 44.8. The maximum absolute atomic E-state index is 13.7. The summed E-state index contributed by atoms with van der Waals surface area (Å²) in [6.07, 6.45) is 23.5. The fourth-order valence-corrected chi connectivity index (χ4v) is 6.83. The fourth-order valence-electron chi connectivity index (χ4n) is 6.83. The van der Waals surface area contributed by atoms with Crippen molar-refractivity contribution >= 4 is 35.4 Å².